The lowest BCUT2D eigenvalue weighted by atomic mass is 10.1. The van der Waals surface area contributed by atoms with Crippen molar-refractivity contribution >= 4 is 17.2 Å². The number of hydrogen-bond acceptors (Lipinski definition) is 3. The van der Waals surface area contributed by atoms with Crippen molar-refractivity contribution in [2.24, 2.45) is 0 Å². The molecule has 0 fully saturated rings. The number of benzene rings is 1. The molecule has 0 radical (unpaired) electrons. The molecule has 1 aromatic carbocycles. The highest BCUT2D eigenvalue weighted by atomic mass is 32.1. The first-order valence-electron chi connectivity index (χ1n) is 6.40. The van der Waals surface area contributed by atoms with Crippen molar-refractivity contribution in [2.45, 2.75) is 6.04 Å². The van der Waals surface area contributed by atoms with Gasteiger partial charge in [0.2, 0.25) is 0 Å². The Morgan fingerprint density at radius 2 is 1.95 bits per heavy atom. The molecule has 0 saturated heterocycles. The summed E-state index contributed by atoms with van der Waals surface area (Å²) in [7, 11) is 3.83. The third-order valence-corrected chi connectivity index (χ3v) is 3.83. The lowest BCUT2D eigenvalue weighted by molar-refractivity contribution is 0.0941. The normalized spacial score (nSPS) is 12.4. The van der Waals surface area contributed by atoms with Gasteiger partial charge in [0.25, 0.3) is 5.91 Å². The zero-order valence-electron chi connectivity index (χ0n) is 11.8. The van der Waals surface area contributed by atoms with E-state index in [2.05, 4.69) is 5.32 Å². The van der Waals surface area contributed by atoms with E-state index in [0.717, 1.165) is 23.8 Å². The second-order valence-corrected chi connectivity index (χ2v) is 5.68. The molecule has 1 aromatic heterocycles. The van der Waals surface area contributed by atoms with Gasteiger partial charge in [0.05, 0.1) is 6.04 Å². The van der Waals surface area contributed by atoms with Gasteiger partial charge in [-0.1, -0.05) is 0 Å². The highest BCUT2D eigenvalue weighted by molar-refractivity contribution is 7.07. The summed E-state index contributed by atoms with van der Waals surface area (Å²) in [5.74, 6) is -2.01. The molecule has 1 N–H and O–H groups in total. The zero-order valence-corrected chi connectivity index (χ0v) is 12.6. The SMILES string of the molecule is CN(C)C(CNC(=O)c1cc(F)cc(F)c1)c1ccsc1. The number of nitrogens with zero attached hydrogens (tertiary/aromatic N) is 1. The van der Waals surface area contributed by atoms with Crippen molar-refractivity contribution in [3.8, 4) is 0 Å². The Kier molecular flexibility index (Phi) is 5.03. The summed E-state index contributed by atoms with van der Waals surface area (Å²) in [6.07, 6.45) is 0. The molecule has 3 nitrogen and oxygen atoms in total. The maximum Gasteiger partial charge on any atom is 0.251 e. The Morgan fingerprint density at radius 1 is 1.29 bits per heavy atom. The van der Waals surface area contributed by atoms with Crippen molar-refractivity contribution in [3.05, 3.63) is 57.8 Å². The Bertz CT molecular complexity index is 594. The number of carbonyl (C=O) groups is 1. The number of hydrogen-bond donors (Lipinski definition) is 1. The monoisotopic (exact) mass is 310 g/mol. The molecule has 1 amide bonds. The minimum atomic E-state index is -0.762. The van der Waals surface area contributed by atoms with Crippen molar-refractivity contribution in [1.29, 1.82) is 0 Å². The molecule has 1 atom stereocenters. The van der Waals surface area contributed by atoms with Crippen LogP contribution in [0, 0.1) is 11.6 Å². The van der Waals surface area contributed by atoms with Crippen LogP contribution in [0.2, 0.25) is 0 Å². The third-order valence-electron chi connectivity index (χ3n) is 3.13. The Hall–Kier alpha value is -1.79. The molecule has 1 unspecified atom stereocenters. The minimum Gasteiger partial charge on any atom is -0.350 e. The van der Waals surface area contributed by atoms with E-state index in [1.54, 1.807) is 11.3 Å². The number of amides is 1. The summed E-state index contributed by atoms with van der Waals surface area (Å²) >= 11 is 1.58. The summed E-state index contributed by atoms with van der Waals surface area (Å²) in [5, 5.41) is 6.69. The van der Waals surface area contributed by atoms with Gasteiger partial charge in [-0.3, -0.25) is 4.79 Å². The first-order chi connectivity index (χ1) is 9.97. The van der Waals surface area contributed by atoms with E-state index in [0.29, 0.717) is 6.54 Å². The highest BCUT2D eigenvalue weighted by Crippen LogP contribution is 2.20. The van der Waals surface area contributed by atoms with Crippen LogP contribution < -0.4 is 5.32 Å². The molecule has 0 spiro atoms. The van der Waals surface area contributed by atoms with Crippen LogP contribution in [0.25, 0.3) is 0 Å². The maximum atomic E-state index is 13.1. The van der Waals surface area contributed by atoms with E-state index in [9.17, 15) is 13.6 Å². The van der Waals surface area contributed by atoms with Gasteiger partial charge in [-0.2, -0.15) is 11.3 Å². The van der Waals surface area contributed by atoms with Crippen LogP contribution in [0.4, 0.5) is 8.78 Å². The number of carbonyl (C=O) groups excluding carboxylic acids is 1. The molecular weight excluding hydrogens is 294 g/mol. The van der Waals surface area contributed by atoms with Gasteiger partial charge < -0.3 is 10.2 Å². The van der Waals surface area contributed by atoms with Gasteiger partial charge in [0.15, 0.2) is 0 Å². The quantitative estimate of drug-likeness (QED) is 0.920. The Morgan fingerprint density at radius 3 is 2.48 bits per heavy atom. The van der Waals surface area contributed by atoms with E-state index >= 15 is 0 Å². The smallest absolute Gasteiger partial charge is 0.251 e. The molecule has 1 heterocycles. The van der Waals surface area contributed by atoms with Gasteiger partial charge >= 0.3 is 0 Å². The third kappa shape index (κ3) is 4.09. The number of nitrogens with one attached hydrogen (secondary N) is 1. The fraction of sp³-hybridized carbons (Fsp3) is 0.267. The second-order valence-electron chi connectivity index (χ2n) is 4.90. The number of halogens is 2. The molecule has 112 valence electrons. The highest BCUT2D eigenvalue weighted by Gasteiger charge is 2.16. The fourth-order valence-corrected chi connectivity index (χ4v) is 2.75. The minimum absolute atomic E-state index is 0.0126. The topological polar surface area (TPSA) is 32.3 Å². The van der Waals surface area contributed by atoms with Gasteiger partial charge in [0, 0.05) is 18.2 Å². The molecule has 0 aliphatic heterocycles. The molecule has 2 aromatic rings. The molecule has 0 aliphatic carbocycles. The summed E-state index contributed by atoms with van der Waals surface area (Å²) in [5.41, 5.74) is 1.08. The van der Waals surface area contributed by atoms with Gasteiger partial charge in [0.1, 0.15) is 11.6 Å². The first-order valence-corrected chi connectivity index (χ1v) is 7.34. The van der Waals surface area contributed by atoms with E-state index < -0.39 is 17.5 Å². The first kappa shape index (κ1) is 15.6. The van der Waals surface area contributed by atoms with Crippen molar-refractivity contribution in [1.82, 2.24) is 10.2 Å². The van der Waals surface area contributed by atoms with Gasteiger partial charge in [-0.15, -0.1) is 0 Å². The van der Waals surface area contributed by atoms with Gasteiger partial charge in [-0.25, -0.2) is 8.78 Å². The predicted octanol–water partition coefficient (Wildman–Crippen LogP) is 3.06. The van der Waals surface area contributed by atoms with Crippen LogP contribution in [0.3, 0.4) is 0 Å². The predicted molar refractivity (Wildman–Crippen MR) is 79.4 cm³/mol. The van der Waals surface area contributed by atoms with E-state index in [-0.39, 0.29) is 11.6 Å². The largest absolute Gasteiger partial charge is 0.350 e. The van der Waals surface area contributed by atoms with Crippen molar-refractivity contribution in [3.63, 3.8) is 0 Å². The zero-order chi connectivity index (χ0) is 15.4. The van der Waals surface area contributed by atoms with Crippen molar-refractivity contribution < 1.29 is 13.6 Å². The van der Waals surface area contributed by atoms with Crippen LogP contribution >= 0.6 is 11.3 Å². The molecule has 0 saturated carbocycles. The van der Waals surface area contributed by atoms with E-state index in [1.807, 2.05) is 35.8 Å². The fourth-order valence-electron chi connectivity index (χ4n) is 2.04. The Labute approximate surface area is 126 Å². The Balaban J connectivity index is 2.05. The van der Waals surface area contributed by atoms with Crippen molar-refractivity contribution in [2.75, 3.05) is 20.6 Å². The van der Waals surface area contributed by atoms with Gasteiger partial charge in [-0.05, 0) is 48.6 Å². The maximum absolute atomic E-state index is 13.1. The van der Waals surface area contributed by atoms with Crippen LogP contribution in [0.1, 0.15) is 22.0 Å². The van der Waals surface area contributed by atoms with E-state index in [1.165, 1.54) is 0 Å². The summed E-state index contributed by atoms with van der Waals surface area (Å²) in [6.45, 7) is 0.362. The van der Waals surface area contributed by atoms with Crippen LogP contribution in [-0.2, 0) is 0 Å². The summed E-state index contributed by atoms with van der Waals surface area (Å²) in [4.78, 5) is 14.0. The number of likely N-dealkylation sites (N-methyl/N-ethyl adjacent to an activating group) is 1. The second kappa shape index (κ2) is 6.78. The molecule has 21 heavy (non-hydrogen) atoms. The lowest BCUT2D eigenvalue weighted by Gasteiger charge is -2.24. The average Bonchev–Trinajstić information content (AvgIpc) is 2.91. The standard InChI is InChI=1S/C15H16F2N2OS/c1-19(2)14(10-3-4-21-9-10)8-18-15(20)11-5-12(16)7-13(17)6-11/h3-7,9,14H,8H2,1-2H3,(H,18,20). The van der Waals surface area contributed by atoms with Crippen LogP contribution in [0.15, 0.2) is 35.0 Å². The van der Waals surface area contributed by atoms with Crippen LogP contribution in [-0.4, -0.2) is 31.4 Å². The molecule has 0 aliphatic rings. The van der Waals surface area contributed by atoms with Crippen LogP contribution in [0.5, 0.6) is 0 Å². The number of rotatable bonds is 5. The average molecular weight is 310 g/mol. The molecule has 6 heteroatoms. The molecular formula is C15H16F2N2OS. The molecule has 2 rings (SSSR count). The summed E-state index contributed by atoms with van der Waals surface area (Å²) in [6, 6.07) is 4.79. The number of thiophene rings is 1. The molecule has 0 bridgehead atoms. The summed E-state index contributed by atoms with van der Waals surface area (Å²) < 4.78 is 26.2. The lowest BCUT2D eigenvalue weighted by Crippen LogP contribution is -2.34. The van der Waals surface area contributed by atoms with E-state index in [4.69, 9.17) is 0 Å².